The van der Waals surface area contributed by atoms with E-state index in [4.69, 9.17) is 0 Å². The molecule has 0 amide bonds. The van der Waals surface area contributed by atoms with Crippen molar-refractivity contribution in [1.82, 2.24) is 0 Å². The smallest absolute Gasteiger partial charge is 0.153 e. The zero-order valence-corrected chi connectivity index (χ0v) is 11.3. The second-order valence-corrected chi connectivity index (χ2v) is 8.21. The third kappa shape index (κ3) is 3.44. The van der Waals surface area contributed by atoms with Gasteiger partial charge in [0, 0.05) is 0 Å². The van der Waals surface area contributed by atoms with Gasteiger partial charge < -0.3 is 5.11 Å². The highest BCUT2D eigenvalue weighted by atomic mass is 32.2. The van der Waals surface area contributed by atoms with Crippen molar-refractivity contribution in [2.45, 2.75) is 75.1 Å². The van der Waals surface area contributed by atoms with Crippen LogP contribution in [0.4, 0.5) is 0 Å². The molecule has 1 saturated heterocycles. The van der Waals surface area contributed by atoms with E-state index in [0.29, 0.717) is 18.6 Å². The maximum Gasteiger partial charge on any atom is 0.153 e. The van der Waals surface area contributed by atoms with Gasteiger partial charge in [-0.2, -0.15) is 0 Å². The summed E-state index contributed by atoms with van der Waals surface area (Å²) >= 11 is 0. The average molecular weight is 260 g/mol. The van der Waals surface area contributed by atoms with Crippen LogP contribution in [0.15, 0.2) is 0 Å². The molecule has 0 aromatic rings. The van der Waals surface area contributed by atoms with Crippen molar-refractivity contribution in [3.05, 3.63) is 0 Å². The van der Waals surface area contributed by atoms with Crippen LogP contribution in [-0.2, 0) is 9.84 Å². The van der Waals surface area contributed by atoms with Gasteiger partial charge in [0.05, 0.1) is 16.6 Å². The molecule has 1 aliphatic carbocycles. The maximum atomic E-state index is 11.9. The van der Waals surface area contributed by atoms with Gasteiger partial charge in [-0.1, -0.05) is 25.7 Å². The van der Waals surface area contributed by atoms with Crippen LogP contribution in [0.2, 0.25) is 0 Å². The Hall–Kier alpha value is -0.0900. The lowest BCUT2D eigenvalue weighted by Gasteiger charge is -2.33. The number of sulfone groups is 1. The minimum absolute atomic E-state index is 0.179. The first kappa shape index (κ1) is 13.3. The van der Waals surface area contributed by atoms with E-state index in [1.54, 1.807) is 0 Å². The molecule has 1 aliphatic heterocycles. The molecular formula is C13H24O3S. The predicted molar refractivity (Wildman–Crippen MR) is 68.7 cm³/mol. The van der Waals surface area contributed by atoms with Crippen LogP contribution in [-0.4, -0.2) is 30.1 Å². The van der Waals surface area contributed by atoms with Crippen LogP contribution in [0.3, 0.4) is 0 Å². The highest BCUT2D eigenvalue weighted by molar-refractivity contribution is 7.92. The summed E-state index contributed by atoms with van der Waals surface area (Å²) in [5.41, 5.74) is -0.564. The molecule has 1 atom stereocenters. The van der Waals surface area contributed by atoms with E-state index in [0.717, 1.165) is 44.9 Å². The number of hydrogen-bond donors (Lipinski definition) is 1. The summed E-state index contributed by atoms with van der Waals surface area (Å²) in [6.07, 6.45) is 9.12. The third-order valence-electron chi connectivity index (χ3n) is 4.43. The Morgan fingerprint density at radius 2 is 1.76 bits per heavy atom. The molecule has 3 nitrogen and oxygen atoms in total. The van der Waals surface area contributed by atoms with Gasteiger partial charge in [0.15, 0.2) is 9.84 Å². The fourth-order valence-corrected chi connectivity index (χ4v) is 5.18. The first-order valence-corrected chi connectivity index (χ1v) is 8.67. The number of hydrogen-bond acceptors (Lipinski definition) is 3. The van der Waals surface area contributed by atoms with Crippen LogP contribution >= 0.6 is 0 Å². The van der Waals surface area contributed by atoms with Crippen molar-refractivity contribution in [3.8, 4) is 0 Å². The Morgan fingerprint density at radius 1 is 1.06 bits per heavy atom. The van der Waals surface area contributed by atoms with Crippen molar-refractivity contribution in [2.24, 2.45) is 0 Å². The maximum absolute atomic E-state index is 11.9. The monoisotopic (exact) mass is 260 g/mol. The minimum atomic E-state index is -2.86. The van der Waals surface area contributed by atoms with Crippen LogP contribution in [0.5, 0.6) is 0 Å². The van der Waals surface area contributed by atoms with Gasteiger partial charge in [-0.25, -0.2) is 8.42 Å². The highest BCUT2D eigenvalue weighted by Crippen LogP contribution is 2.34. The molecule has 1 unspecified atom stereocenters. The van der Waals surface area contributed by atoms with Gasteiger partial charge in [-0.3, -0.25) is 0 Å². The molecule has 1 saturated carbocycles. The van der Waals surface area contributed by atoms with Crippen molar-refractivity contribution < 1.29 is 13.5 Å². The predicted octanol–water partition coefficient (Wildman–Crippen LogP) is 2.43. The standard InChI is InChI=1S/C13H24O3S/c14-13(8-3-1-4-9-13)10-7-12-6-2-5-11-17(12,15)16/h12,14H,1-11H2. The zero-order chi connectivity index (χ0) is 12.4. The van der Waals surface area contributed by atoms with Crippen LogP contribution < -0.4 is 0 Å². The Morgan fingerprint density at radius 3 is 2.41 bits per heavy atom. The molecule has 100 valence electrons. The van der Waals surface area contributed by atoms with E-state index >= 15 is 0 Å². The topological polar surface area (TPSA) is 54.4 Å². The molecule has 2 aliphatic rings. The van der Waals surface area contributed by atoms with Crippen LogP contribution in [0.1, 0.15) is 64.2 Å². The summed E-state index contributed by atoms with van der Waals surface area (Å²) < 4.78 is 23.8. The Labute approximate surface area is 105 Å². The molecule has 17 heavy (non-hydrogen) atoms. The Balaban J connectivity index is 1.88. The largest absolute Gasteiger partial charge is 0.390 e. The van der Waals surface area contributed by atoms with E-state index in [1.807, 2.05) is 0 Å². The molecule has 2 fully saturated rings. The SMILES string of the molecule is O=S1(=O)CCCCC1CCC1(O)CCCCC1. The van der Waals surface area contributed by atoms with Crippen molar-refractivity contribution in [1.29, 1.82) is 0 Å². The second-order valence-electron chi connectivity index (χ2n) is 5.81. The lowest BCUT2D eigenvalue weighted by atomic mass is 9.81. The molecule has 0 radical (unpaired) electrons. The first-order valence-electron chi connectivity index (χ1n) is 6.96. The van der Waals surface area contributed by atoms with E-state index in [9.17, 15) is 13.5 Å². The summed E-state index contributed by atoms with van der Waals surface area (Å²) in [7, 11) is -2.86. The lowest BCUT2D eigenvalue weighted by molar-refractivity contribution is -0.00570. The van der Waals surface area contributed by atoms with Crippen molar-refractivity contribution in [3.63, 3.8) is 0 Å². The van der Waals surface area contributed by atoms with E-state index in [2.05, 4.69) is 0 Å². The van der Waals surface area contributed by atoms with Crippen LogP contribution in [0.25, 0.3) is 0 Å². The quantitative estimate of drug-likeness (QED) is 0.848. The molecular weight excluding hydrogens is 236 g/mol. The fraction of sp³-hybridized carbons (Fsp3) is 1.00. The molecule has 0 spiro atoms. The van der Waals surface area contributed by atoms with E-state index in [1.165, 1.54) is 6.42 Å². The summed E-state index contributed by atoms with van der Waals surface area (Å²) in [4.78, 5) is 0. The molecule has 0 aromatic heterocycles. The zero-order valence-electron chi connectivity index (χ0n) is 10.5. The molecule has 0 bridgehead atoms. The van der Waals surface area contributed by atoms with Gasteiger partial charge >= 0.3 is 0 Å². The van der Waals surface area contributed by atoms with Gasteiger partial charge in [0.25, 0.3) is 0 Å². The Bertz CT molecular complexity index is 342. The second kappa shape index (κ2) is 5.27. The van der Waals surface area contributed by atoms with Gasteiger partial charge in [0.2, 0.25) is 0 Å². The van der Waals surface area contributed by atoms with Crippen molar-refractivity contribution >= 4 is 9.84 Å². The third-order valence-corrected chi connectivity index (χ3v) is 6.77. The summed E-state index contributed by atoms with van der Waals surface area (Å²) in [6.45, 7) is 0. The summed E-state index contributed by atoms with van der Waals surface area (Å²) in [5, 5.41) is 10.2. The van der Waals surface area contributed by atoms with Gasteiger partial charge in [-0.15, -0.1) is 0 Å². The van der Waals surface area contributed by atoms with E-state index in [-0.39, 0.29) is 5.25 Å². The first-order chi connectivity index (χ1) is 8.02. The highest BCUT2D eigenvalue weighted by Gasteiger charge is 2.34. The average Bonchev–Trinajstić information content (AvgIpc) is 2.28. The summed E-state index contributed by atoms with van der Waals surface area (Å²) in [6, 6.07) is 0. The van der Waals surface area contributed by atoms with Crippen LogP contribution in [0, 0.1) is 0 Å². The van der Waals surface area contributed by atoms with Gasteiger partial charge in [0.1, 0.15) is 0 Å². The Kier molecular flexibility index (Phi) is 4.14. The molecule has 0 aromatic carbocycles. The molecule has 2 rings (SSSR count). The number of rotatable bonds is 3. The lowest BCUT2D eigenvalue weighted by Crippen LogP contribution is -2.35. The number of aliphatic hydroxyl groups is 1. The summed E-state index contributed by atoms with van der Waals surface area (Å²) in [5.74, 6) is 0.357. The van der Waals surface area contributed by atoms with E-state index < -0.39 is 15.4 Å². The van der Waals surface area contributed by atoms with Crippen molar-refractivity contribution in [2.75, 3.05) is 5.75 Å². The molecule has 1 N–H and O–H groups in total. The molecule has 4 heteroatoms. The normalized spacial score (nSPS) is 32.2. The fourth-order valence-electron chi connectivity index (χ4n) is 3.23. The van der Waals surface area contributed by atoms with Gasteiger partial charge in [-0.05, 0) is 38.5 Å². The minimum Gasteiger partial charge on any atom is -0.390 e. The molecule has 1 heterocycles.